The van der Waals surface area contributed by atoms with Crippen LogP contribution in [0, 0.1) is 5.92 Å². The molecule has 3 aromatic rings. The van der Waals surface area contributed by atoms with Crippen molar-refractivity contribution in [2.24, 2.45) is 5.92 Å². The fraction of sp³-hybridized carbons (Fsp3) is 0.250. The number of allylic oxidation sites excluding steroid dienone is 2. The van der Waals surface area contributed by atoms with Crippen LogP contribution < -0.4 is 5.32 Å². The Bertz CT molecular complexity index is 1100. The Morgan fingerprint density at radius 1 is 0.941 bits per heavy atom. The van der Waals surface area contributed by atoms with Gasteiger partial charge in [0.15, 0.2) is 6.29 Å². The maximum absolute atomic E-state index is 10.7. The van der Waals surface area contributed by atoms with E-state index in [1.807, 2.05) is 78.9 Å². The molecule has 4 rings (SSSR count). The number of hydrogen-bond acceptors (Lipinski definition) is 5. The summed E-state index contributed by atoms with van der Waals surface area (Å²) in [4.78, 5) is 10.7. The second-order valence-corrected chi connectivity index (χ2v) is 8.29. The molecule has 1 aliphatic heterocycles. The molecule has 3 aromatic carbocycles. The van der Waals surface area contributed by atoms with E-state index >= 15 is 0 Å². The molecule has 0 aromatic heterocycles. The van der Waals surface area contributed by atoms with Crippen LogP contribution in [0.25, 0.3) is 0 Å². The van der Waals surface area contributed by atoms with E-state index in [0.29, 0.717) is 19.4 Å². The van der Waals surface area contributed by atoms with E-state index < -0.39 is 12.3 Å². The van der Waals surface area contributed by atoms with Gasteiger partial charge in [-0.15, -0.1) is 0 Å². The van der Waals surface area contributed by atoms with Crippen LogP contribution in [0.2, 0.25) is 0 Å². The molecule has 1 fully saturated rings. The Labute approximate surface area is 199 Å². The maximum Gasteiger partial charge on any atom is 0.303 e. The van der Waals surface area contributed by atoms with Gasteiger partial charge in [-0.25, -0.2) is 0 Å². The van der Waals surface area contributed by atoms with Crippen molar-refractivity contribution in [2.45, 2.75) is 31.7 Å². The quantitative estimate of drug-likeness (QED) is 0.323. The van der Waals surface area contributed by atoms with Gasteiger partial charge in [0.05, 0.1) is 12.7 Å². The number of phenols is 1. The Morgan fingerprint density at radius 3 is 2.38 bits per heavy atom. The molecule has 34 heavy (non-hydrogen) atoms. The van der Waals surface area contributed by atoms with Crippen molar-refractivity contribution in [1.82, 2.24) is 0 Å². The van der Waals surface area contributed by atoms with Crippen LogP contribution >= 0.6 is 0 Å². The van der Waals surface area contributed by atoms with Crippen LogP contribution in [-0.2, 0) is 14.3 Å². The van der Waals surface area contributed by atoms with Crippen LogP contribution in [0.5, 0.6) is 5.75 Å². The molecule has 3 atom stereocenters. The lowest BCUT2D eigenvalue weighted by Crippen LogP contribution is -2.30. The summed E-state index contributed by atoms with van der Waals surface area (Å²) < 4.78 is 12.4. The van der Waals surface area contributed by atoms with Gasteiger partial charge >= 0.3 is 5.97 Å². The highest BCUT2D eigenvalue weighted by atomic mass is 16.7. The van der Waals surface area contributed by atoms with Crippen molar-refractivity contribution >= 4 is 17.3 Å². The van der Waals surface area contributed by atoms with Gasteiger partial charge < -0.3 is 25.0 Å². The Kier molecular flexibility index (Phi) is 7.96. The highest BCUT2D eigenvalue weighted by Gasteiger charge is 2.34. The van der Waals surface area contributed by atoms with Crippen LogP contribution in [0.1, 0.15) is 42.8 Å². The molecule has 0 bridgehead atoms. The zero-order valence-corrected chi connectivity index (χ0v) is 18.8. The van der Waals surface area contributed by atoms with Gasteiger partial charge in [-0.3, -0.25) is 4.79 Å². The monoisotopic (exact) mass is 459 g/mol. The number of para-hydroxylation sites is 2. The van der Waals surface area contributed by atoms with Gasteiger partial charge in [-0.2, -0.15) is 0 Å². The van der Waals surface area contributed by atoms with Crippen molar-refractivity contribution in [2.75, 3.05) is 11.9 Å². The molecule has 1 aliphatic rings. The second kappa shape index (κ2) is 11.5. The summed E-state index contributed by atoms with van der Waals surface area (Å²) in [6.45, 7) is 0.455. The van der Waals surface area contributed by atoms with Crippen molar-refractivity contribution in [1.29, 1.82) is 0 Å². The molecule has 0 saturated carbocycles. The summed E-state index contributed by atoms with van der Waals surface area (Å²) in [7, 11) is 0. The zero-order valence-electron chi connectivity index (χ0n) is 18.8. The first-order valence-corrected chi connectivity index (χ1v) is 11.4. The Balaban J connectivity index is 1.46. The van der Waals surface area contributed by atoms with E-state index in [9.17, 15) is 9.90 Å². The lowest BCUT2D eigenvalue weighted by Gasteiger charge is -2.37. The minimum absolute atomic E-state index is 0.00958. The average molecular weight is 460 g/mol. The van der Waals surface area contributed by atoms with Gasteiger partial charge in [-0.05, 0) is 43.2 Å². The molecule has 3 N–H and O–H groups in total. The number of nitrogens with one attached hydrogen (secondary N) is 1. The largest absolute Gasteiger partial charge is 0.508 e. The molecule has 1 saturated heterocycles. The minimum Gasteiger partial charge on any atom is -0.508 e. The minimum atomic E-state index is -0.811. The third-order valence-electron chi connectivity index (χ3n) is 5.78. The molecule has 0 aliphatic carbocycles. The van der Waals surface area contributed by atoms with Crippen molar-refractivity contribution in [3.8, 4) is 5.75 Å². The maximum atomic E-state index is 10.7. The fourth-order valence-electron chi connectivity index (χ4n) is 4.01. The number of aliphatic carboxylic acids is 1. The molecule has 176 valence electrons. The molecule has 6 nitrogen and oxygen atoms in total. The fourth-order valence-corrected chi connectivity index (χ4v) is 4.01. The molecular weight excluding hydrogens is 430 g/mol. The summed E-state index contributed by atoms with van der Waals surface area (Å²) in [5, 5.41) is 22.6. The van der Waals surface area contributed by atoms with E-state index in [0.717, 1.165) is 22.5 Å². The lowest BCUT2D eigenvalue weighted by atomic mass is 9.91. The van der Waals surface area contributed by atoms with E-state index in [1.165, 1.54) is 0 Å². The number of anilines is 2. The summed E-state index contributed by atoms with van der Waals surface area (Å²) in [5.41, 5.74) is 3.60. The molecule has 0 radical (unpaired) electrons. The molecule has 0 unspecified atom stereocenters. The number of phenolic OH excluding ortho intramolecular Hbond substituents is 1. The summed E-state index contributed by atoms with van der Waals surface area (Å²) in [6, 6.07) is 25.1. The van der Waals surface area contributed by atoms with Gasteiger partial charge in [0, 0.05) is 34.8 Å². The Hall–Kier alpha value is -3.61. The summed E-state index contributed by atoms with van der Waals surface area (Å²) in [5.74, 6) is -0.631. The van der Waals surface area contributed by atoms with Gasteiger partial charge in [-0.1, -0.05) is 60.7 Å². The number of benzene rings is 3. The number of hydrogen-bond donors (Lipinski definition) is 3. The predicted molar refractivity (Wildman–Crippen MR) is 131 cm³/mol. The van der Waals surface area contributed by atoms with Gasteiger partial charge in [0.25, 0.3) is 0 Å². The zero-order chi connectivity index (χ0) is 23.8. The van der Waals surface area contributed by atoms with Crippen LogP contribution in [0.3, 0.4) is 0 Å². The third-order valence-corrected chi connectivity index (χ3v) is 5.78. The summed E-state index contributed by atoms with van der Waals surface area (Å²) in [6.07, 6.45) is 4.18. The Morgan fingerprint density at radius 2 is 1.65 bits per heavy atom. The van der Waals surface area contributed by atoms with E-state index in [4.69, 9.17) is 14.6 Å². The average Bonchev–Trinajstić information content (AvgIpc) is 2.85. The number of carbonyl (C=O) groups is 1. The summed E-state index contributed by atoms with van der Waals surface area (Å²) >= 11 is 0. The van der Waals surface area contributed by atoms with Crippen molar-refractivity contribution in [3.63, 3.8) is 0 Å². The van der Waals surface area contributed by atoms with Crippen LogP contribution in [-0.4, -0.2) is 22.8 Å². The predicted octanol–water partition coefficient (Wildman–Crippen LogP) is 6.35. The topological polar surface area (TPSA) is 88.0 Å². The highest BCUT2D eigenvalue weighted by molar-refractivity contribution is 5.66. The molecule has 0 amide bonds. The molecule has 0 spiro atoms. The standard InChI is InChI=1S/C28H29NO5/c30-25-13-8-7-12-24(25)27-21(9-3-1-6-14-26(31)32)19-33-28(34-27)20-15-17-23(18-16-20)29-22-10-4-2-5-11-22/h1-5,7-8,10-13,15-18,21,27-30H,6,9,14,19H2,(H,31,32)/b3-1+/t21-,27+,28+/m1/s1. The normalized spacial score (nSPS) is 20.3. The number of ether oxygens (including phenoxy) is 2. The second-order valence-electron chi connectivity index (χ2n) is 8.29. The molecular formula is C28H29NO5. The number of carboxylic acid groups (broad SMARTS) is 1. The third kappa shape index (κ3) is 6.25. The number of carboxylic acids is 1. The van der Waals surface area contributed by atoms with Gasteiger partial charge in [0.2, 0.25) is 0 Å². The molecule has 6 heteroatoms. The first kappa shape index (κ1) is 23.5. The smallest absolute Gasteiger partial charge is 0.303 e. The lowest BCUT2D eigenvalue weighted by molar-refractivity contribution is -0.244. The van der Waals surface area contributed by atoms with E-state index in [1.54, 1.807) is 12.1 Å². The van der Waals surface area contributed by atoms with Crippen LogP contribution in [0.4, 0.5) is 11.4 Å². The van der Waals surface area contributed by atoms with Gasteiger partial charge in [0.1, 0.15) is 5.75 Å². The van der Waals surface area contributed by atoms with Crippen molar-refractivity contribution < 1.29 is 24.5 Å². The number of aromatic hydroxyl groups is 1. The van der Waals surface area contributed by atoms with E-state index in [-0.39, 0.29) is 24.2 Å². The first-order valence-electron chi connectivity index (χ1n) is 11.4. The van der Waals surface area contributed by atoms with Crippen LogP contribution in [0.15, 0.2) is 91.0 Å². The SMILES string of the molecule is O=C(O)CC/C=C/C[C@@H]1CO[C@H](c2ccc(Nc3ccccc3)cc2)O[C@@H]1c1ccccc1O. The van der Waals surface area contributed by atoms with Crippen molar-refractivity contribution in [3.05, 3.63) is 102 Å². The molecule has 1 heterocycles. The number of rotatable bonds is 9. The highest BCUT2D eigenvalue weighted by Crippen LogP contribution is 2.42. The van der Waals surface area contributed by atoms with E-state index in [2.05, 4.69) is 5.32 Å². The first-order chi connectivity index (χ1) is 16.6.